The van der Waals surface area contributed by atoms with Gasteiger partial charge in [-0.15, -0.1) is 0 Å². The average Bonchev–Trinajstić information content (AvgIpc) is 2.46. The molecule has 2 rings (SSSR count). The molecular weight excluding hydrogens is 255 g/mol. The molecule has 20 heavy (non-hydrogen) atoms. The van der Waals surface area contributed by atoms with E-state index in [1.54, 1.807) is 30.3 Å². The minimum atomic E-state index is -0.297. The molecular formula is C17H15FO2. The second-order valence-corrected chi connectivity index (χ2v) is 4.45. The number of carbonyl (C=O) groups is 1. The predicted octanol–water partition coefficient (Wildman–Crippen LogP) is 4.04. The Morgan fingerprint density at radius 3 is 2.50 bits per heavy atom. The molecule has 0 atom stereocenters. The van der Waals surface area contributed by atoms with Crippen LogP contribution in [0.15, 0.2) is 48.5 Å². The van der Waals surface area contributed by atoms with Crippen LogP contribution >= 0.6 is 0 Å². The van der Waals surface area contributed by atoms with Crippen molar-refractivity contribution in [3.05, 3.63) is 71.0 Å². The zero-order chi connectivity index (χ0) is 14.5. The Labute approximate surface area is 117 Å². The monoisotopic (exact) mass is 270 g/mol. The van der Waals surface area contributed by atoms with Crippen molar-refractivity contribution in [3.63, 3.8) is 0 Å². The molecule has 2 nitrogen and oxygen atoms in total. The molecule has 0 radical (unpaired) electrons. The molecule has 0 fully saturated rings. The van der Waals surface area contributed by atoms with Gasteiger partial charge in [-0.05, 0) is 42.8 Å². The van der Waals surface area contributed by atoms with Crippen molar-refractivity contribution in [2.45, 2.75) is 6.92 Å². The Hall–Kier alpha value is -2.42. The highest BCUT2D eigenvalue weighted by Crippen LogP contribution is 2.21. The Bertz CT molecular complexity index is 643. The number of carbonyl (C=O) groups excluding carboxylic acids is 1. The van der Waals surface area contributed by atoms with E-state index in [-0.39, 0.29) is 11.6 Å². The number of benzene rings is 2. The number of hydrogen-bond acceptors (Lipinski definition) is 2. The van der Waals surface area contributed by atoms with E-state index in [4.69, 9.17) is 4.74 Å². The van der Waals surface area contributed by atoms with Gasteiger partial charge in [0.2, 0.25) is 0 Å². The molecule has 0 saturated carbocycles. The predicted molar refractivity (Wildman–Crippen MR) is 77.5 cm³/mol. The Balaban J connectivity index is 2.23. The first kappa shape index (κ1) is 14.0. The lowest BCUT2D eigenvalue weighted by Crippen LogP contribution is -1.99. The van der Waals surface area contributed by atoms with Gasteiger partial charge in [0.1, 0.15) is 11.6 Å². The largest absolute Gasteiger partial charge is 0.496 e. The van der Waals surface area contributed by atoms with Crippen molar-refractivity contribution in [2.24, 2.45) is 0 Å². The van der Waals surface area contributed by atoms with E-state index >= 15 is 0 Å². The lowest BCUT2D eigenvalue weighted by Gasteiger charge is -2.06. The summed E-state index contributed by atoms with van der Waals surface area (Å²) in [5.74, 6) is 0.105. The normalized spacial score (nSPS) is 10.8. The van der Waals surface area contributed by atoms with Crippen molar-refractivity contribution < 1.29 is 13.9 Å². The first-order chi connectivity index (χ1) is 9.60. The molecule has 0 amide bonds. The fourth-order valence-corrected chi connectivity index (χ4v) is 1.85. The van der Waals surface area contributed by atoms with Gasteiger partial charge >= 0.3 is 0 Å². The SMILES string of the molecule is COc1ccc(C)cc1C(=O)/C=C/c1ccc(F)cc1. The van der Waals surface area contributed by atoms with E-state index < -0.39 is 0 Å². The highest BCUT2D eigenvalue weighted by atomic mass is 19.1. The summed E-state index contributed by atoms with van der Waals surface area (Å²) in [5.41, 5.74) is 2.28. The number of aryl methyl sites for hydroxylation is 1. The summed E-state index contributed by atoms with van der Waals surface area (Å²) in [7, 11) is 1.53. The third-order valence-electron chi connectivity index (χ3n) is 2.92. The molecule has 0 saturated heterocycles. The van der Waals surface area contributed by atoms with Crippen molar-refractivity contribution in [2.75, 3.05) is 7.11 Å². The molecule has 0 bridgehead atoms. The smallest absolute Gasteiger partial charge is 0.189 e. The topological polar surface area (TPSA) is 26.3 Å². The van der Waals surface area contributed by atoms with Crippen LogP contribution in [0.1, 0.15) is 21.5 Å². The average molecular weight is 270 g/mol. The van der Waals surface area contributed by atoms with Crippen LogP contribution in [0.3, 0.4) is 0 Å². The van der Waals surface area contributed by atoms with Crippen molar-refractivity contribution in [3.8, 4) is 5.75 Å². The first-order valence-corrected chi connectivity index (χ1v) is 6.23. The fraction of sp³-hybridized carbons (Fsp3) is 0.118. The number of ether oxygens (including phenoxy) is 1. The number of halogens is 1. The van der Waals surface area contributed by atoms with Crippen LogP contribution in [-0.4, -0.2) is 12.9 Å². The molecule has 0 unspecified atom stereocenters. The second-order valence-electron chi connectivity index (χ2n) is 4.45. The Morgan fingerprint density at radius 2 is 1.85 bits per heavy atom. The van der Waals surface area contributed by atoms with E-state index in [0.29, 0.717) is 11.3 Å². The number of ketones is 1. The number of rotatable bonds is 4. The van der Waals surface area contributed by atoms with Gasteiger partial charge in [-0.2, -0.15) is 0 Å². The molecule has 102 valence electrons. The summed E-state index contributed by atoms with van der Waals surface area (Å²) in [6, 6.07) is 11.4. The lowest BCUT2D eigenvalue weighted by molar-refractivity contribution is 0.104. The van der Waals surface area contributed by atoms with Crippen molar-refractivity contribution in [1.29, 1.82) is 0 Å². The highest BCUT2D eigenvalue weighted by molar-refractivity contribution is 6.08. The molecule has 0 aliphatic carbocycles. The molecule has 0 spiro atoms. The molecule has 2 aromatic carbocycles. The molecule has 3 heteroatoms. The number of methoxy groups -OCH3 is 1. The van der Waals surface area contributed by atoms with Gasteiger partial charge < -0.3 is 4.74 Å². The van der Waals surface area contributed by atoms with Crippen LogP contribution in [0.5, 0.6) is 5.75 Å². The summed E-state index contributed by atoms with van der Waals surface area (Å²) >= 11 is 0. The van der Waals surface area contributed by atoms with Gasteiger partial charge in [0.05, 0.1) is 12.7 Å². The first-order valence-electron chi connectivity index (χ1n) is 6.23. The Morgan fingerprint density at radius 1 is 1.15 bits per heavy atom. The van der Waals surface area contributed by atoms with E-state index in [0.717, 1.165) is 11.1 Å². The summed E-state index contributed by atoms with van der Waals surface area (Å²) in [6.07, 6.45) is 3.12. The van der Waals surface area contributed by atoms with E-state index in [9.17, 15) is 9.18 Å². The van der Waals surface area contributed by atoms with Gasteiger partial charge in [-0.25, -0.2) is 4.39 Å². The highest BCUT2D eigenvalue weighted by Gasteiger charge is 2.09. The maximum Gasteiger partial charge on any atom is 0.189 e. The third kappa shape index (κ3) is 3.32. The zero-order valence-electron chi connectivity index (χ0n) is 11.4. The minimum absolute atomic E-state index is 0.144. The van der Waals surface area contributed by atoms with Crippen LogP contribution in [0, 0.1) is 12.7 Å². The molecule has 2 aromatic rings. The Kier molecular flexibility index (Phi) is 4.31. The fourth-order valence-electron chi connectivity index (χ4n) is 1.85. The van der Waals surface area contributed by atoms with E-state index in [2.05, 4.69) is 0 Å². The maximum absolute atomic E-state index is 12.8. The maximum atomic E-state index is 12.8. The van der Waals surface area contributed by atoms with Crippen LogP contribution in [0.25, 0.3) is 6.08 Å². The molecule has 0 aliphatic heterocycles. The molecule has 0 N–H and O–H groups in total. The van der Waals surface area contributed by atoms with Crippen LogP contribution in [0.4, 0.5) is 4.39 Å². The van der Waals surface area contributed by atoms with Gasteiger partial charge in [0.25, 0.3) is 0 Å². The quantitative estimate of drug-likeness (QED) is 0.619. The van der Waals surface area contributed by atoms with E-state index in [1.165, 1.54) is 25.3 Å². The molecule has 0 aromatic heterocycles. The van der Waals surface area contributed by atoms with Crippen molar-refractivity contribution >= 4 is 11.9 Å². The van der Waals surface area contributed by atoms with Crippen LogP contribution in [-0.2, 0) is 0 Å². The van der Waals surface area contributed by atoms with Gasteiger partial charge in [0.15, 0.2) is 5.78 Å². The number of hydrogen-bond donors (Lipinski definition) is 0. The molecule has 0 aliphatic rings. The summed E-state index contributed by atoms with van der Waals surface area (Å²) < 4.78 is 18.0. The standard InChI is InChI=1S/C17H15FO2/c1-12-3-10-17(20-2)15(11-12)16(19)9-6-13-4-7-14(18)8-5-13/h3-11H,1-2H3/b9-6+. The second kappa shape index (κ2) is 6.15. The summed E-state index contributed by atoms with van der Waals surface area (Å²) in [5, 5.41) is 0. The van der Waals surface area contributed by atoms with Gasteiger partial charge in [0, 0.05) is 0 Å². The van der Waals surface area contributed by atoms with E-state index in [1.807, 2.05) is 13.0 Å². The zero-order valence-corrected chi connectivity index (χ0v) is 11.4. The third-order valence-corrected chi connectivity index (χ3v) is 2.92. The number of allylic oxidation sites excluding steroid dienone is 1. The van der Waals surface area contributed by atoms with Crippen molar-refractivity contribution in [1.82, 2.24) is 0 Å². The van der Waals surface area contributed by atoms with Crippen LogP contribution < -0.4 is 4.74 Å². The minimum Gasteiger partial charge on any atom is -0.496 e. The summed E-state index contributed by atoms with van der Waals surface area (Å²) in [4.78, 5) is 12.2. The summed E-state index contributed by atoms with van der Waals surface area (Å²) in [6.45, 7) is 1.92. The van der Waals surface area contributed by atoms with Gasteiger partial charge in [-0.3, -0.25) is 4.79 Å². The molecule has 0 heterocycles. The lowest BCUT2D eigenvalue weighted by atomic mass is 10.1. The van der Waals surface area contributed by atoms with Gasteiger partial charge in [-0.1, -0.05) is 29.8 Å². The van der Waals surface area contributed by atoms with Crippen LogP contribution in [0.2, 0.25) is 0 Å².